The third-order valence-corrected chi connectivity index (χ3v) is 3.52. The van der Waals surface area contributed by atoms with E-state index in [4.69, 9.17) is 17.3 Å². The van der Waals surface area contributed by atoms with Crippen LogP contribution < -0.4 is 11.1 Å². The lowest BCUT2D eigenvalue weighted by Crippen LogP contribution is -2.46. The fraction of sp³-hybridized carbons (Fsp3) is 0.125. The van der Waals surface area contributed by atoms with Crippen LogP contribution in [0.15, 0.2) is 48.5 Å². The molecular weight excluding hydrogens is 307 g/mol. The Bertz CT molecular complexity index is 706. The van der Waals surface area contributed by atoms with Crippen LogP contribution in [0.3, 0.4) is 0 Å². The molecule has 1 atom stereocenters. The molecule has 2 aromatic carbocycles. The van der Waals surface area contributed by atoms with E-state index in [-0.39, 0.29) is 12.0 Å². The van der Waals surface area contributed by atoms with Gasteiger partial charge in [-0.15, -0.1) is 0 Å². The molecule has 2 aromatic rings. The average molecular weight is 321 g/mol. The minimum absolute atomic E-state index is 0.134. The van der Waals surface area contributed by atoms with Gasteiger partial charge in [-0.2, -0.15) is 0 Å². The standard InChI is InChI=1S/C16H14ClFN2O2/c17-12-7-3-1-5-10(12)9-14(15(19)21)20-16(22)11-6-2-4-8-13(11)18/h1-8,14H,9H2,(H2,19,21)(H,20,22)/t14-/m1/s1. The molecule has 0 aromatic heterocycles. The number of carbonyl (C=O) groups excluding carboxylic acids is 2. The number of hydrogen-bond acceptors (Lipinski definition) is 2. The van der Waals surface area contributed by atoms with Crippen molar-refractivity contribution in [3.05, 3.63) is 70.5 Å². The van der Waals surface area contributed by atoms with E-state index in [2.05, 4.69) is 5.32 Å². The first-order valence-electron chi connectivity index (χ1n) is 6.57. The van der Waals surface area contributed by atoms with Crippen LogP contribution in [-0.4, -0.2) is 17.9 Å². The van der Waals surface area contributed by atoms with E-state index in [1.165, 1.54) is 24.3 Å². The third-order valence-electron chi connectivity index (χ3n) is 3.15. The highest BCUT2D eigenvalue weighted by Gasteiger charge is 2.21. The molecule has 0 aliphatic heterocycles. The van der Waals surface area contributed by atoms with Crippen molar-refractivity contribution in [1.82, 2.24) is 5.32 Å². The van der Waals surface area contributed by atoms with Crippen LogP contribution in [0, 0.1) is 5.82 Å². The number of rotatable bonds is 5. The number of primary amides is 1. The quantitative estimate of drug-likeness (QED) is 0.887. The first-order valence-corrected chi connectivity index (χ1v) is 6.95. The van der Waals surface area contributed by atoms with E-state index >= 15 is 0 Å². The van der Waals surface area contributed by atoms with Crippen molar-refractivity contribution in [2.45, 2.75) is 12.5 Å². The van der Waals surface area contributed by atoms with Gasteiger partial charge in [-0.3, -0.25) is 9.59 Å². The maximum atomic E-state index is 13.6. The molecule has 0 bridgehead atoms. The molecule has 0 aliphatic carbocycles. The topological polar surface area (TPSA) is 72.2 Å². The van der Waals surface area contributed by atoms with Crippen LogP contribution in [-0.2, 0) is 11.2 Å². The summed E-state index contributed by atoms with van der Waals surface area (Å²) in [5, 5.41) is 2.90. The third kappa shape index (κ3) is 3.83. The molecule has 0 radical (unpaired) electrons. The summed E-state index contributed by atoms with van der Waals surface area (Å²) in [4.78, 5) is 23.6. The van der Waals surface area contributed by atoms with E-state index in [0.29, 0.717) is 10.6 Å². The first kappa shape index (κ1) is 16.0. The molecule has 0 unspecified atom stereocenters. The predicted molar refractivity (Wildman–Crippen MR) is 82.0 cm³/mol. The maximum absolute atomic E-state index is 13.6. The molecule has 0 aliphatic rings. The Morgan fingerprint density at radius 1 is 1.14 bits per heavy atom. The fourth-order valence-electron chi connectivity index (χ4n) is 1.99. The summed E-state index contributed by atoms with van der Waals surface area (Å²) in [6.07, 6.45) is 0.134. The largest absolute Gasteiger partial charge is 0.368 e. The summed E-state index contributed by atoms with van der Waals surface area (Å²) in [5.74, 6) is -2.08. The van der Waals surface area contributed by atoms with Gasteiger partial charge >= 0.3 is 0 Å². The Morgan fingerprint density at radius 3 is 2.41 bits per heavy atom. The van der Waals surface area contributed by atoms with Gasteiger partial charge in [0.2, 0.25) is 5.91 Å². The zero-order valence-electron chi connectivity index (χ0n) is 11.6. The van der Waals surface area contributed by atoms with Gasteiger partial charge in [-0.1, -0.05) is 41.9 Å². The fourth-order valence-corrected chi connectivity index (χ4v) is 2.20. The Kier molecular flexibility index (Phi) is 5.12. The zero-order valence-corrected chi connectivity index (χ0v) is 12.3. The molecule has 0 spiro atoms. The number of nitrogens with one attached hydrogen (secondary N) is 1. The SMILES string of the molecule is NC(=O)[C@@H](Cc1ccccc1Cl)NC(=O)c1ccccc1F. The summed E-state index contributed by atoms with van der Waals surface area (Å²) >= 11 is 6.03. The molecule has 3 N–H and O–H groups in total. The zero-order chi connectivity index (χ0) is 16.1. The van der Waals surface area contributed by atoms with Gasteiger partial charge in [0.15, 0.2) is 0 Å². The first-order chi connectivity index (χ1) is 10.5. The summed E-state index contributed by atoms with van der Waals surface area (Å²) in [6.45, 7) is 0. The van der Waals surface area contributed by atoms with E-state index in [1.807, 2.05) is 0 Å². The number of hydrogen-bond donors (Lipinski definition) is 2. The summed E-state index contributed by atoms with van der Waals surface area (Å²) < 4.78 is 13.6. The van der Waals surface area contributed by atoms with E-state index in [0.717, 1.165) is 0 Å². The minimum atomic E-state index is -0.980. The number of halogens is 2. The van der Waals surface area contributed by atoms with Crippen LogP contribution in [0.25, 0.3) is 0 Å². The van der Waals surface area contributed by atoms with Crippen LogP contribution >= 0.6 is 11.6 Å². The second-order valence-corrected chi connectivity index (χ2v) is 5.11. The molecule has 0 saturated heterocycles. The van der Waals surface area contributed by atoms with Crippen LogP contribution in [0.2, 0.25) is 5.02 Å². The number of carbonyl (C=O) groups is 2. The second kappa shape index (κ2) is 7.04. The van der Waals surface area contributed by atoms with Crippen molar-refractivity contribution < 1.29 is 14.0 Å². The van der Waals surface area contributed by atoms with Crippen LogP contribution in [0.1, 0.15) is 15.9 Å². The van der Waals surface area contributed by atoms with Gasteiger partial charge in [0.25, 0.3) is 5.91 Å². The van der Waals surface area contributed by atoms with Crippen LogP contribution in [0.4, 0.5) is 4.39 Å². The Balaban J connectivity index is 2.16. The molecule has 2 rings (SSSR count). The lowest BCUT2D eigenvalue weighted by Gasteiger charge is -2.16. The summed E-state index contributed by atoms with van der Waals surface area (Å²) in [7, 11) is 0. The van der Waals surface area contributed by atoms with Gasteiger partial charge in [0.05, 0.1) is 5.56 Å². The lowest BCUT2D eigenvalue weighted by atomic mass is 10.0. The monoisotopic (exact) mass is 320 g/mol. The predicted octanol–water partition coefficient (Wildman–Crippen LogP) is 2.31. The molecule has 2 amide bonds. The molecule has 4 nitrogen and oxygen atoms in total. The molecule has 0 heterocycles. The molecule has 6 heteroatoms. The summed E-state index contributed by atoms with van der Waals surface area (Å²) in [5.41, 5.74) is 5.83. The minimum Gasteiger partial charge on any atom is -0.368 e. The van der Waals surface area contributed by atoms with E-state index in [1.54, 1.807) is 24.3 Å². The highest BCUT2D eigenvalue weighted by atomic mass is 35.5. The van der Waals surface area contributed by atoms with Crippen molar-refractivity contribution in [2.24, 2.45) is 5.73 Å². The Morgan fingerprint density at radius 2 is 1.77 bits per heavy atom. The molecule has 22 heavy (non-hydrogen) atoms. The smallest absolute Gasteiger partial charge is 0.254 e. The van der Waals surface area contributed by atoms with Crippen molar-refractivity contribution >= 4 is 23.4 Å². The van der Waals surface area contributed by atoms with Crippen molar-refractivity contribution in [3.8, 4) is 0 Å². The Hall–Kier alpha value is -2.40. The van der Waals surface area contributed by atoms with Gasteiger partial charge in [-0.25, -0.2) is 4.39 Å². The Labute approximate surface area is 132 Å². The molecule has 0 fully saturated rings. The number of amides is 2. The number of nitrogens with two attached hydrogens (primary N) is 1. The van der Waals surface area contributed by atoms with Gasteiger partial charge in [0.1, 0.15) is 11.9 Å². The van der Waals surface area contributed by atoms with Crippen molar-refractivity contribution in [3.63, 3.8) is 0 Å². The van der Waals surface area contributed by atoms with Gasteiger partial charge < -0.3 is 11.1 Å². The van der Waals surface area contributed by atoms with Crippen molar-refractivity contribution in [1.29, 1.82) is 0 Å². The van der Waals surface area contributed by atoms with Gasteiger partial charge in [0, 0.05) is 11.4 Å². The average Bonchev–Trinajstić information content (AvgIpc) is 2.49. The second-order valence-electron chi connectivity index (χ2n) is 4.70. The van der Waals surface area contributed by atoms with E-state index < -0.39 is 23.7 Å². The maximum Gasteiger partial charge on any atom is 0.254 e. The van der Waals surface area contributed by atoms with Crippen molar-refractivity contribution in [2.75, 3.05) is 0 Å². The van der Waals surface area contributed by atoms with Gasteiger partial charge in [-0.05, 0) is 23.8 Å². The van der Waals surface area contributed by atoms with E-state index in [9.17, 15) is 14.0 Å². The normalized spacial score (nSPS) is 11.7. The van der Waals surface area contributed by atoms with Crippen LogP contribution in [0.5, 0.6) is 0 Å². The number of benzene rings is 2. The molecule has 0 saturated carbocycles. The molecule has 114 valence electrons. The highest BCUT2D eigenvalue weighted by Crippen LogP contribution is 2.17. The summed E-state index contributed by atoms with van der Waals surface area (Å²) in [6, 6.07) is 11.4. The lowest BCUT2D eigenvalue weighted by molar-refractivity contribution is -0.119. The highest BCUT2D eigenvalue weighted by molar-refractivity contribution is 6.31. The molecular formula is C16H14ClFN2O2.